The molecule has 43 heavy (non-hydrogen) atoms. The summed E-state index contributed by atoms with van der Waals surface area (Å²) < 4.78 is 110. The molecule has 5 rings (SSSR count). The van der Waals surface area contributed by atoms with Crippen molar-refractivity contribution in [1.29, 1.82) is 0 Å². The van der Waals surface area contributed by atoms with Gasteiger partial charge in [0.2, 0.25) is 0 Å². The van der Waals surface area contributed by atoms with E-state index in [9.17, 15) is 35.5 Å². The Kier molecular flexibility index (Phi) is 8.47. The lowest BCUT2D eigenvalue weighted by Gasteiger charge is -2.50. The minimum atomic E-state index is -5.02. The van der Waals surface area contributed by atoms with Gasteiger partial charge in [0.25, 0.3) is 0 Å². The third-order valence-corrected chi connectivity index (χ3v) is 8.57. The largest absolute Gasteiger partial charge is 0.573 e. The predicted octanol–water partition coefficient (Wildman–Crippen LogP) is 7.13. The predicted molar refractivity (Wildman–Crippen MR) is 141 cm³/mol. The SMILES string of the molecule is CC1CCC(NC(=O)Nc2ccc(OC(F)(F)F)cc2F)(C2CCCC2)C(Oc2ccccc2[C@@]2(C(F)(F)F)CCO2)N1. The number of hydrogen-bond donors (Lipinski definition) is 3. The van der Waals surface area contributed by atoms with E-state index in [1.54, 1.807) is 6.07 Å². The molecule has 0 radical (unpaired) electrons. The average molecular weight is 620 g/mol. The number of benzene rings is 2. The quantitative estimate of drug-likeness (QED) is 0.288. The summed E-state index contributed by atoms with van der Waals surface area (Å²) in [7, 11) is 0. The molecule has 0 bridgehead atoms. The third-order valence-electron chi connectivity index (χ3n) is 8.57. The van der Waals surface area contributed by atoms with E-state index in [-0.39, 0.29) is 42.0 Å². The Bertz CT molecular complexity index is 1310. The molecule has 3 N–H and O–H groups in total. The number of carbonyl (C=O) groups is 1. The second kappa shape index (κ2) is 11.7. The standard InChI is InChI=1S/C29H32F7N3O4/c1-17-12-13-26(18-6-2-3-7-18,39-25(40)38-22-11-10-19(16-21(22)30)43-29(34,35)36)24(37-17)42-23-9-5-4-8-20(23)27(14-15-41-27)28(31,32)33/h4-5,8-11,16-18,24,37H,2-3,6-7,12-15H2,1H3,(H2,38,39,40)/t17?,24?,26?,27-/m1/s1. The van der Waals surface area contributed by atoms with Gasteiger partial charge in [-0.1, -0.05) is 31.0 Å². The molecule has 3 unspecified atom stereocenters. The van der Waals surface area contributed by atoms with Crippen molar-refractivity contribution in [1.82, 2.24) is 10.6 Å². The van der Waals surface area contributed by atoms with Gasteiger partial charge in [-0.25, -0.2) is 9.18 Å². The number of ether oxygens (including phenoxy) is 3. The molecule has 2 aliphatic heterocycles. The van der Waals surface area contributed by atoms with Gasteiger partial charge in [-0.3, -0.25) is 5.32 Å². The molecule has 2 amide bonds. The highest BCUT2D eigenvalue weighted by Gasteiger charge is 2.63. The Morgan fingerprint density at radius 2 is 1.72 bits per heavy atom. The molecule has 0 spiro atoms. The molecular formula is C29H32F7N3O4. The molecule has 1 saturated carbocycles. The fourth-order valence-electron chi connectivity index (χ4n) is 6.39. The van der Waals surface area contributed by atoms with Gasteiger partial charge in [0.1, 0.15) is 17.3 Å². The minimum Gasteiger partial charge on any atom is -0.472 e. The highest BCUT2D eigenvalue weighted by Crippen LogP contribution is 2.53. The van der Waals surface area contributed by atoms with Gasteiger partial charge >= 0.3 is 18.6 Å². The van der Waals surface area contributed by atoms with Crippen molar-refractivity contribution in [2.24, 2.45) is 5.92 Å². The number of para-hydroxylation sites is 1. The molecule has 4 atom stereocenters. The highest BCUT2D eigenvalue weighted by atomic mass is 19.4. The van der Waals surface area contributed by atoms with Gasteiger partial charge in [-0.15, -0.1) is 13.2 Å². The van der Waals surface area contributed by atoms with Gasteiger partial charge < -0.3 is 24.8 Å². The zero-order chi connectivity index (χ0) is 31.0. The van der Waals surface area contributed by atoms with Crippen LogP contribution in [0.25, 0.3) is 0 Å². The molecule has 14 heteroatoms. The lowest BCUT2D eigenvalue weighted by Crippen LogP contribution is -2.71. The summed E-state index contributed by atoms with van der Waals surface area (Å²) in [6.45, 7) is 1.84. The maximum absolute atomic E-state index is 14.6. The molecule has 3 fully saturated rings. The zero-order valence-electron chi connectivity index (χ0n) is 23.2. The summed E-state index contributed by atoms with van der Waals surface area (Å²) in [5, 5.41) is 8.60. The maximum atomic E-state index is 14.6. The number of nitrogens with one attached hydrogen (secondary N) is 3. The second-order valence-corrected chi connectivity index (χ2v) is 11.3. The van der Waals surface area contributed by atoms with E-state index in [2.05, 4.69) is 20.7 Å². The number of anilines is 1. The van der Waals surface area contributed by atoms with Crippen LogP contribution >= 0.6 is 0 Å². The van der Waals surface area contributed by atoms with E-state index in [0.717, 1.165) is 25.0 Å². The maximum Gasteiger partial charge on any atom is 0.573 e. The van der Waals surface area contributed by atoms with Crippen molar-refractivity contribution >= 4 is 11.7 Å². The van der Waals surface area contributed by atoms with E-state index in [1.165, 1.54) is 18.2 Å². The molecule has 7 nitrogen and oxygen atoms in total. The number of urea groups is 1. The van der Waals surface area contributed by atoms with Gasteiger partial charge in [0.05, 0.1) is 17.8 Å². The van der Waals surface area contributed by atoms with E-state index in [4.69, 9.17) is 9.47 Å². The number of halogens is 7. The van der Waals surface area contributed by atoms with Crippen LogP contribution in [-0.2, 0) is 10.3 Å². The first kappa shape index (κ1) is 31.2. The summed E-state index contributed by atoms with van der Waals surface area (Å²) in [4.78, 5) is 13.3. The summed E-state index contributed by atoms with van der Waals surface area (Å²) in [6.07, 6.45) is -6.76. The second-order valence-electron chi connectivity index (χ2n) is 11.3. The Balaban J connectivity index is 1.44. The molecule has 2 saturated heterocycles. The fraction of sp³-hybridized carbons (Fsp3) is 0.552. The first-order chi connectivity index (χ1) is 20.2. The first-order valence-electron chi connectivity index (χ1n) is 14.1. The fourth-order valence-corrected chi connectivity index (χ4v) is 6.39. The van der Waals surface area contributed by atoms with E-state index >= 15 is 0 Å². The monoisotopic (exact) mass is 619 g/mol. The Labute approximate surface area is 243 Å². The van der Waals surface area contributed by atoms with Crippen molar-refractivity contribution < 1.29 is 49.7 Å². The zero-order valence-corrected chi connectivity index (χ0v) is 23.2. The van der Waals surface area contributed by atoms with E-state index in [1.807, 2.05) is 6.92 Å². The van der Waals surface area contributed by atoms with Crippen molar-refractivity contribution in [3.05, 3.63) is 53.8 Å². The van der Waals surface area contributed by atoms with Crippen molar-refractivity contribution in [2.45, 2.75) is 87.8 Å². The molecule has 2 heterocycles. The van der Waals surface area contributed by atoms with Crippen LogP contribution in [0.1, 0.15) is 57.4 Å². The van der Waals surface area contributed by atoms with Crippen LogP contribution in [0.3, 0.4) is 0 Å². The number of amides is 2. The van der Waals surface area contributed by atoms with Gasteiger partial charge in [-0.2, -0.15) is 13.2 Å². The molecule has 2 aromatic carbocycles. The third kappa shape index (κ3) is 6.35. The molecule has 3 aliphatic rings. The molecule has 2 aromatic rings. The molecular weight excluding hydrogens is 587 g/mol. The van der Waals surface area contributed by atoms with Crippen LogP contribution in [0.2, 0.25) is 0 Å². The lowest BCUT2D eigenvalue weighted by molar-refractivity contribution is -0.334. The smallest absolute Gasteiger partial charge is 0.472 e. The van der Waals surface area contributed by atoms with Gasteiger partial charge in [0, 0.05) is 24.1 Å². The summed E-state index contributed by atoms with van der Waals surface area (Å²) in [5.41, 5.74) is -4.17. The highest BCUT2D eigenvalue weighted by molar-refractivity contribution is 5.90. The van der Waals surface area contributed by atoms with Crippen molar-refractivity contribution in [3.63, 3.8) is 0 Å². The van der Waals surface area contributed by atoms with Crippen LogP contribution in [-0.4, -0.2) is 43.0 Å². The number of carbonyl (C=O) groups excluding carboxylic acids is 1. The topological polar surface area (TPSA) is 80.9 Å². The lowest BCUT2D eigenvalue weighted by atomic mass is 9.74. The number of rotatable bonds is 7. The van der Waals surface area contributed by atoms with Gasteiger partial charge in [-0.05, 0) is 56.7 Å². The minimum absolute atomic E-state index is 0.0398. The summed E-state index contributed by atoms with van der Waals surface area (Å²) >= 11 is 0. The summed E-state index contributed by atoms with van der Waals surface area (Å²) in [5.74, 6) is -2.11. The Morgan fingerprint density at radius 3 is 2.33 bits per heavy atom. The van der Waals surface area contributed by atoms with Crippen molar-refractivity contribution in [2.75, 3.05) is 11.9 Å². The first-order valence-corrected chi connectivity index (χ1v) is 14.1. The van der Waals surface area contributed by atoms with E-state index < -0.39 is 47.5 Å². The molecule has 236 valence electrons. The number of piperidine rings is 1. The van der Waals surface area contributed by atoms with Crippen LogP contribution in [0.5, 0.6) is 11.5 Å². The summed E-state index contributed by atoms with van der Waals surface area (Å²) in [6, 6.07) is 7.15. The van der Waals surface area contributed by atoms with Crippen molar-refractivity contribution in [3.8, 4) is 11.5 Å². The number of hydrogen-bond acceptors (Lipinski definition) is 5. The molecule has 1 aliphatic carbocycles. The Hall–Kier alpha value is -3.26. The van der Waals surface area contributed by atoms with Crippen LogP contribution in [0, 0.1) is 11.7 Å². The average Bonchev–Trinajstić information content (AvgIpc) is 3.42. The normalized spacial score (nSPS) is 28.2. The van der Waals surface area contributed by atoms with Gasteiger partial charge in [0.15, 0.2) is 11.8 Å². The van der Waals surface area contributed by atoms with E-state index in [0.29, 0.717) is 31.7 Å². The van der Waals surface area contributed by atoms with Crippen LogP contribution < -0.4 is 25.4 Å². The Morgan fingerprint density at radius 1 is 1.02 bits per heavy atom. The van der Waals surface area contributed by atoms with Crippen LogP contribution in [0.15, 0.2) is 42.5 Å². The number of alkyl halides is 6. The molecule has 0 aromatic heterocycles. The van der Waals surface area contributed by atoms with Crippen LogP contribution in [0.4, 0.5) is 41.2 Å².